The fourth-order valence-corrected chi connectivity index (χ4v) is 3.27. The first-order valence-corrected chi connectivity index (χ1v) is 11.2. The average Bonchev–Trinajstić information content (AvgIpc) is 2.71. The summed E-state index contributed by atoms with van der Waals surface area (Å²) in [7, 11) is 0. The van der Waals surface area contributed by atoms with E-state index < -0.39 is 5.97 Å². The topological polar surface area (TPSA) is 55.4 Å². The third-order valence-electron chi connectivity index (χ3n) is 4.95. The molecule has 0 bridgehead atoms. The fraction of sp³-hybridized carbons (Fsp3) is 0.667. The van der Waals surface area contributed by atoms with E-state index in [9.17, 15) is 9.59 Å². The molecule has 0 radical (unpaired) electrons. The quantitative estimate of drug-likeness (QED) is 0.267. The van der Waals surface area contributed by atoms with Gasteiger partial charge in [-0.05, 0) is 31.5 Å². The van der Waals surface area contributed by atoms with Gasteiger partial charge >= 0.3 is 5.97 Å². The number of carbonyl (C=O) groups excluding carboxylic acids is 2. The van der Waals surface area contributed by atoms with E-state index in [0.29, 0.717) is 24.3 Å². The van der Waals surface area contributed by atoms with Crippen molar-refractivity contribution in [1.29, 1.82) is 0 Å². The molecule has 0 fully saturated rings. The molecule has 1 rings (SSSR count). The maximum atomic E-state index is 12.2. The highest BCUT2D eigenvalue weighted by Gasteiger charge is 2.10. The second-order valence-electron chi connectivity index (χ2n) is 7.45. The van der Waals surface area contributed by atoms with Crippen molar-refractivity contribution >= 4 is 11.9 Å². The van der Waals surface area contributed by atoms with Crippen LogP contribution in [0.3, 0.4) is 0 Å². The van der Waals surface area contributed by atoms with Crippen LogP contribution in [0.4, 0.5) is 0 Å². The third-order valence-corrected chi connectivity index (χ3v) is 4.95. The van der Waals surface area contributed by atoms with Gasteiger partial charge in [-0.1, -0.05) is 83.6 Å². The van der Waals surface area contributed by atoms with E-state index in [1.165, 1.54) is 64.2 Å². The molecule has 4 nitrogen and oxygen atoms in total. The molecule has 0 aromatic heterocycles. The molecular formula is C24H39NO3. The summed E-state index contributed by atoms with van der Waals surface area (Å²) < 4.78 is 4.97. The number of amides is 1. The molecule has 4 heteroatoms. The molecule has 0 atom stereocenters. The fourth-order valence-electron chi connectivity index (χ4n) is 3.27. The standard InChI is InChI=1S/C24H39NO3/c1-3-5-6-7-8-9-10-11-12-13-14-15-19-25-23(26)21-17-16-18-22(20-21)24(27)28-4-2/h16-18,20H,3-15,19H2,1-2H3,(H,25,26). The van der Waals surface area contributed by atoms with Gasteiger partial charge < -0.3 is 10.1 Å². The molecule has 0 aliphatic carbocycles. The van der Waals surface area contributed by atoms with Crippen LogP contribution < -0.4 is 5.32 Å². The summed E-state index contributed by atoms with van der Waals surface area (Å²) in [4.78, 5) is 24.0. The zero-order chi connectivity index (χ0) is 20.5. The Morgan fingerprint density at radius 3 is 1.89 bits per heavy atom. The largest absolute Gasteiger partial charge is 0.462 e. The van der Waals surface area contributed by atoms with Crippen LogP contribution in [0.25, 0.3) is 0 Å². The monoisotopic (exact) mass is 389 g/mol. The predicted octanol–water partition coefficient (Wildman–Crippen LogP) is 6.29. The molecule has 0 saturated carbocycles. The molecule has 1 N–H and O–H groups in total. The Balaban J connectivity index is 2.05. The van der Waals surface area contributed by atoms with Gasteiger partial charge in [0.15, 0.2) is 0 Å². The number of rotatable bonds is 16. The minimum absolute atomic E-state index is 0.130. The number of unbranched alkanes of at least 4 members (excludes halogenated alkanes) is 11. The van der Waals surface area contributed by atoms with Crippen LogP contribution in [0.5, 0.6) is 0 Å². The Bertz CT molecular complexity index is 557. The van der Waals surface area contributed by atoms with Gasteiger partial charge in [0.1, 0.15) is 0 Å². The first-order valence-electron chi connectivity index (χ1n) is 11.2. The molecule has 28 heavy (non-hydrogen) atoms. The van der Waals surface area contributed by atoms with E-state index in [1.807, 2.05) is 0 Å². The minimum Gasteiger partial charge on any atom is -0.462 e. The lowest BCUT2D eigenvalue weighted by atomic mass is 10.1. The minimum atomic E-state index is -0.391. The molecule has 1 aromatic carbocycles. The predicted molar refractivity (Wildman–Crippen MR) is 116 cm³/mol. The Morgan fingerprint density at radius 1 is 0.786 bits per heavy atom. The van der Waals surface area contributed by atoms with Crippen LogP contribution in [0.1, 0.15) is 112 Å². The molecule has 0 heterocycles. The molecule has 1 amide bonds. The molecule has 0 saturated heterocycles. The summed E-state index contributed by atoms with van der Waals surface area (Å²) >= 11 is 0. The van der Waals surface area contributed by atoms with Gasteiger partial charge in [0.25, 0.3) is 5.91 Å². The van der Waals surface area contributed by atoms with Gasteiger partial charge in [-0.15, -0.1) is 0 Å². The zero-order valence-corrected chi connectivity index (χ0v) is 17.9. The van der Waals surface area contributed by atoms with Crippen molar-refractivity contribution in [3.05, 3.63) is 35.4 Å². The number of carbonyl (C=O) groups is 2. The van der Waals surface area contributed by atoms with E-state index in [0.717, 1.165) is 12.8 Å². The molecule has 1 aromatic rings. The van der Waals surface area contributed by atoms with Gasteiger partial charge in [-0.2, -0.15) is 0 Å². The van der Waals surface area contributed by atoms with E-state index >= 15 is 0 Å². The van der Waals surface area contributed by atoms with Crippen LogP contribution in [-0.2, 0) is 4.74 Å². The summed E-state index contributed by atoms with van der Waals surface area (Å²) in [6.45, 7) is 5.03. The van der Waals surface area contributed by atoms with E-state index in [2.05, 4.69) is 12.2 Å². The molecular weight excluding hydrogens is 350 g/mol. The molecule has 0 spiro atoms. The number of ether oxygens (including phenoxy) is 1. The van der Waals surface area contributed by atoms with Gasteiger partial charge in [0.05, 0.1) is 12.2 Å². The Kier molecular flexibility index (Phi) is 14.0. The first-order chi connectivity index (χ1) is 13.7. The van der Waals surface area contributed by atoms with Crippen molar-refractivity contribution in [2.45, 2.75) is 90.9 Å². The third kappa shape index (κ3) is 11.1. The van der Waals surface area contributed by atoms with Crippen LogP contribution in [0, 0.1) is 0 Å². The smallest absolute Gasteiger partial charge is 0.338 e. The van der Waals surface area contributed by atoms with Crippen molar-refractivity contribution in [3.63, 3.8) is 0 Å². The van der Waals surface area contributed by atoms with Crippen molar-refractivity contribution in [2.75, 3.05) is 13.2 Å². The Labute approximate surface area is 171 Å². The lowest BCUT2D eigenvalue weighted by Crippen LogP contribution is -2.24. The Morgan fingerprint density at radius 2 is 1.32 bits per heavy atom. The maximum Gasteiger partial charge on any atom is 0.338 e. The molecule has 158 valence electrons. The normalized spacial score (nSPS) is 10.6. The van der Waals surface area contributed by atoms with Crippen molar-refractivity contribution < 1.29 is 14.3 Å². The highest BCUT2D eigenvalue weighted by Crippen LogP contribution is 2.12. The number of hydrogen-bond acceptors (Lipinski definition) is 3. The second kappa shape index (κ2) is 16.1. The second-order valence-corrected chi connectivity index (χ2v) is 7.45. The lowest BCUT2D eigenvalue weighted by Gasteiger charge is -2.07. The number of nitrogens with one attached hydrogen (secondary N) is 1. The molecule has 0 unspecified atom stereocenters. The van der Waals surface area contributed by atoms with Crippen molar-refractivity contribution in [1.82, 2.24) is 5.32 Å². The van der Waals surface area contributed by atoms with Gasteiger partial charge in [0, 0.05) is 12.1 Å². The maximum absolute atomic E-state index is 12.2. The van der Waals surface area contributed by atoms with Gasteiger partial charge in [-0.3, -0.25) is 4.79 Å². The van der Waals surface area contributed by atoms with Crippen LogP contribution in [0.15, 0.2) is 24.3 Å². The highest BCUT2D eigenvalue weighted by atomic mass is 16.5. The van der Waals surface area contributed by atoms with Gasteiger partial charge in [0.2, 0.25) is 0 Å². The Hall–Kier alpha value is -1.84. The number of benzene rings is 1. The van der Waals surface area contributed by atoms with Crippen LogP contribution in [-0.4, -0.2) is 25.0 Å². The summed E-state index contributed by atoms with van der Waals surface area (Å²) in [5.41, 5.74) is 0.921. The lowest BCUT2D eigenvalue weighted by molar-refractivity contribution is 0.0526. The molecule has 0 aliphatic heterocycles. The van der Waals surface area contributed by atoms with E-state index in [-0.39, 0.29) is 5.91 Å². The molecule has 0 aliphatic rings. The average molecular weight is 390 g/mol. The van der Waals surface area contributed by atoms with Crippen molar-refractivity contribution in [3.8, 4) is 0 Å². The van der Waals surface area contributed by atoms with Crippen LogP contribution >= 0.6 is 0 Å². The zero-order valence-electron chi connectivity index (χ0n) is 17.9. The van der Waals surface area contributed by atoms with E-state index in [4.69, 9.17) is 4.74 Å². The highest BCUT2D eigenvalue weighted by molar-refractivity contribution is 5.97. The summed E-state index contributed by atoms with van der Waals surface area (Å²) in [6, 6.07) is 6.70. The van der Waals surface area contributed by atoms with Crippen molar-refractivity contribution in [2.24, 2.45) is 0 Å². The SMILES string of the molecule is CCCCCCCCCCCCCCNC(=O)c1cccc(C(=O)OCC)c1. The summed E-state index contributed by atoms with van der Waals surface area (Å²) in [5, 5.41) is 2.94. The number of hydrogen-bond donors (Lipinski definition) is 1. The van der Waals surface area contributed by atoms with Crippen LogP contribution in [0.2, 0.25) is 0 Å². The first kappa shape index (κ1) is 24.2. The summed E-state index contributed by atoms with van der Waals surface area (Å²) in [6.07, 6.45) is 15.7. The van der Waals surface area contributed by atoms with E-state index in [1.54, 1.807) is 31.2 Å². The van der Waals surface area contributed by atoms with Gasteiger partial charge in [-0.25, -0.2) is 4.79 Å². The number of esters is 1. The summed E-state index contributed by atoms with van der Waals surface area (Å²) in [5.74, 6) is -0.521.